The quantitative estimate of drug-likeness (QED) is 0.251. The van der Waals surface area contributed by atoms with Crippen molar-refractivity contribution in [3.63, 3.8) is 0 Å². The zero-order chi connectivity index (χ0) is 28.7. The highest BCUT2D eigenvalue weighted by Crippen LogP contribution is 2.28. The van der Waals surface area contributed by atoms with Crippen LogP contribution in [0, 0.1) is 11.3 Å². The molecule has 0 fully saturated rings. The highest BCUT2D eigenvalue weighted by Gasteiger charge is 2.28. The average Bonchev–Trinajstić information content (AvgIpc) is 3.37. The largest absolute Gasteiger partial charge is 0.483 e. The number of alkyl halides is 3. The molecule has 0 aliphatic heterocycles. The van der Waals surface area contributed by atoms with Gasteiger partial charge in [0.25, 0.3) is 11.8 Å². The zero-order valence-electron chi connectivity index (χ0n) is 20.2. The number of amides is 2. The third-order valence-electron chi connectivity index (χ3n) is 5.11. The summed E-state index contributed by atoms with van der Waals surface area (Å²) < 4.78 is 43.5. The highest BCUT2D eigenvalue weighted by molar-refractivity contribution is 6.32. The van der Waals surface area contributed by atoms with E-state index in [1.807, 2.05) is 6.07 Å². The van der Waals surface area contributed by atoms with Crippen LogP contribution in [-0.2, 0) is 4.79 Å². The molecule has 2 aromatic heterocycles. The molecular formula is C26H17ClF3N7O3. The predicted molar refractivity (Wildman–Crippen MR) is 137 cm³/mol. The number of benzene rings is 2. The zero-order valence-corrected chi connectivity index (χ0v) is 20.9. The van der Waals surface area contributed by atoms with Gasteiger partial charge in [-0.25, -0.2) is 4.98 Å². The monoisotopic (exact) mass is 567 g/mol. The second-order valence-corrected chi connectivity index (χ2v) is 8.32. The first-order chi connectivity index (χ1) is 19.1. The normalized spacial score (nSPS) is 11.2. The first kappa shape index (κ1) is 27.8. The van der Waals surface area contributed by atoms with Crippen LogP contribution < -0.4 is 15.6 Å². The van der Waals surface area contributed by atoms with Crippen molar-refractivity contribution in [1.29, 1.82) is 5.26 Å². The number of hydrogen-bond acceptors (Lipinski definition) is 7. The number of halogens is 4. The van der Waals surface area contributed by atoms with Crippen LogP contribution in [0.1, 0.15) is 21.7 Å². The van der Waals surface area contributed by atoms with Crippen LogP contribution in [0.15, 0.2) is 72.9 Å². The van der Waals surface area contributed by atoms with E-state index in [1.54, 1.807) is 24.3 Å². The van der Waals surface area contributed by atoms with Crippen LogP contribution in [0.5, 0.6) is 5.75 Å². The first-order valence-corrected chi connectivity index (χ1v) is 11.7. The molecule has 0 atom stereocenters. The minimum Gasteiger partial charge on any atom is -0.483 e. The first-order valence-electron chi connectivity index (χ1n) is 11.3. The second kappa shape index (κ2) is 12.1. The molecule has 202 valence electrons. The van der Waals surface area contributed by atoms with Gasteiger partial charge in [0.2, 0.25) is 0 Å². The van der Waals surface area contributed by atoms with Gasteiger partial charge in [-0.15, -0.1) is 10.2 Å². The Morgan fingerprint density at radius 2 is 1.80 bits per heavy atom. The molecule has 0 aliphatic rings. The minimum absolute atomic E-state index is 0.0928. The summed E-state index contributed by atoms with van der Waals surface area (Å²) >= 11 is 6.39. The van der Waals surface area contributed by atoms with Gasteiger partial charge >= 0.3 is 6.18 Å². The molecule has 40 heavy (non-hydrogen) atoms. The molecule has 4 rings (SSSR count). The summed E-state index contributed by atoms with van der Waals surface area (Å²) in [6.45, 7) is -1.46. The fourth-order valence-corrected chi connectivity index (χ4v) is 3.50. The predicted octanol–water partition coefficient (Wildman–Crippen LogP) is 4.27. The summed E-state index contributed by atoms with van der Waals surface area (Å²) in [5.74, 6) is -1.03. The smallest absolute Gasteiger partial charge is 0.422 e. The van der Waals surface area contributed by atoms with Crippen molar-refractivity contribution in [2.24, 2.45) is 0 Å². The number of pyridine rings is 1. The fourth-order valence-electron chi connectivity index (χ4n) is 3.28. The van der Waals surface area contributed by atoms with Crippen LogP contribution in [0.25, 0.3) is 23.3 Å². The molecule has 0 radical (unpaired) electrons. The molecule has 0 saturated heterocycles. The number of nitrogens with zero attached hydrogens (tertiary/aromatic N) is 5. The number of nitriles is 1. The third-order valence-corrected chi connectivity index (χ3v) is 5.43. The number of nitrogens with one attached hydrogen (secondary N) is 2. The van der Waals surface area contributed by atoms with E-state index >= 15 is 0 Å². The maximum atomic E-state index is 12.4. The number of carbonyl (C=O) groups excluding carboxylic acids is 2. The third kappa shape index (κ3) is 7.00. The van der Waals surface area contributed by atoms with Crippen molar-refractivity contribution < 1.29 is 27.5 Å². The number of rotatable bonds is 7. The standard InChI is InChI=1S/C26H17ClF3N7O3/c27-19-3-1-2-4-21(19)37-22(11-12-23(38)34-36-25(39)17-7-5-16(13-31)6-8-17)33-35-24(37)20-10-9-18(14-32-20)40-15-26(28,29)30/h1-12,14H,15H2,(H,34,38)(H,36,39). The molecular weight excluding hydrogens is 551 g/mol. The van der Waals surface area contributed by atoms with Crippen molar-refractivity contribution in [2.45, 2.75) is 6.18 Å². The SMILES string of the molecule is N#Cc1ccc(C(=O)NNC(=O)C=Cc2nnc(-c3ccc(OCC(F)(F)F)cn3)n2-c2ccccc2Cl)cc1. The summed E-state index contributed by atoms with van der Waals surface area (Å²) in [6, 6.07) is 17.2. The van der Waals surface area contributed by atoms with Crippen molar-refractivity contribution >= 4 is 29.5 Å². The van der Waals surface area contributed by atoms with Gasteiger partial charge in [0.15, 0.2) is 18.3 Å². The Labute approximate surface area is 229 Å². The van der Waals surface area contributed by atoms with Crippen molar-refractivity contribution in [3.05, 3.63) is 94.9 Å². The van der Waals surface area contributed by atoms with Gasteiger partial charge < -0.3 is 4.74 Å². The Bertz CT molecular complexity index is 1600. The Balaban J connectivity index is 1.54. The van der Waals surface area contributed by atoms with E-state index in [0.29, 0.717) is 16.3 Å². The number of aromatic nitrogens is 4. The van der Waals surface area contributed by atoms with E-state index < -0.39 is 24.6 Å². The molecule has 10 nitrogen and oxygen atoms in total. The van der Waals surface area contributed by atoms with Gasteiger partial charge in [0, 0.05) is 11.6 Å². The summed E-state index contributed by atoms with van der Waals surface area (Å²) in [7, 11) is 0. The lowest BCUT2D eigenvalue weighted by Crippen LogP contribution is -2.40. The number of carbonyl (C=O) groups is 2. The van der Waals surface area contributed by atoms with Crippen molar-refractivity contribution in [3.8, 4) is 29.0 Å². The molecule has 14 heteroatoms. The van der Waals surface area contributed by atoms with Crippen molar-refractivity contribution in [1.82, 2.24) is 30.6 Å². The Morgan fingerprint density at radius 1 is 1.05 bits per heavy atom. The molecule has 0 spiro atoms. The lowest BCUT2D eigenvalue weighted by atomic mass is 10.1. The second-order valence-electron chi connectivity index (χ2n) is 7.92. The molecule has 2 aromatic carbocycles. The highest BCUT2D eigenvalue weighted by atomic mass is 35.5. The van der Waals surface area contributed by atoms with Gasteiger partial charge in [-0.3, -0.25) is 25.0 Å². The Kier molecular flexibility index (Phi) is 8.41. The molecule has 4 aromatic rings. The summed E-state index contributed by atoms with van der Waals surface area (Å²) in [4.78, 5) is 28.7. The lowest BCUT2D eigenvalue weighted by molar-refractivity contribution is -0.153. The molecule has 0 saturated carbocycles. The number of hydrazine groups is 1. The molecule has 2 N–H and O–H groups in total. The maximum Gasteiger partial charge on any atom is 0.422 e. The molecule has 2 heterocycles. The number of hydrogen-bond donors (Lipinski definition) is 2. The molecule has 0 unspecified atom stereocenters. The van der Waals surface area contributed by atoms with E-state index in [4.69, 9.17) is 21.6 Å². The summed E-state index contributed by atoms with van der Waals surface area (Å²) in [5.41, 5.74) is 5.79. The van der Waals surface area contributed by atoms with Crippen molar-refractivity contribution in [2.75, 3.05) is 6.61 Å². The number of ether oxygens (including phenoxy) is 1. The maximum absolute atomic E-state index is 12.4. The Morgan fingerprint density at radius 3 is 2.45 bits per heavy atom. The van der Waals surface area contributed by atoms with Crippen LogP contribution in [0.2, 0.25) is 5.02 Å². The van der Waals surface area contributed by atoms with Gasteiger partial charge in [0.1, 0.15) is 11.4 Å². The summed E-state index contributed by atoms with van der Waals surface area (Å²) in [5, 5.41) is 17.4. The molecule has 0 aliphatic carbocycles. The van der Waals surface area contributed by atoms with Crippen LogP contribution in [0.4, 0.5) is 13.2 Å². The minimum atomic E-state index is -4.50. The lowest BCUT2D eigenvalue weighted by Gasteiger charge is -2.11. The number of para-hydroxylation sites is 1. The van der Waals surface area contributed by atoms with E-state index in [0.717, 1.165) is 12.3 Å². The van der Waals surface area contributed by atoms with Gasteiger partial charge in [-0.1, -0.05) is 23.7 Å². The van der Waals surface area contributed by atoms with Gasteiger partial charge in [0.05, 0.1) is 28.5 Å². The van der Waals surface area contributed by atoms with Crippen LogP contribution in [0.3, 0.4) is 0 Å². The topological polar surface area (TPSA) is 135 Å². The van der Waals surface area contributed by atoms with Gasteiger partial charge in [-0.2, -0.15) is 18.4 Å². The van der Waals surface area contributed by atoms with E-state index in [-0.39, 0.29) is 28.7 Å². The molecule has 0 bridgehead atoms. The van der Waals surface area contributed by atoms with Gasteiger partial charge in [-0.05, 0) is 54.6 Å². The summed E-state index contributed by atoms with van der Waals surface area (Å²) in [6.07, 6.45) is -0.958. The van der Waals surface area contributed by atoms with E-state index in [1.165, 1.54) is 47.0 Å². The molecule has 2 amide bonds. The average molecular weight is 568 g/mol. The fraction of sp³-hybridized carbons (Fsp3) is 0.0769. The Hall–Kier alpha value is -5.22. The van der Waals surface area contributed by atoms with Crippen LogP contribution in [-0.4, -0.2) is 44.3 Å². The van der Waals surface area contributed by atoms with E-state index in [2.05, 4.69) is 26.0 Å². The van der Waals surface area contributed by atoms with E-state index in [9.17, 15) is 22.8 Å². The van der Waals surface area contributed by atoms with Crippen LogP contribution >= 0.6 is 11.6 Å².